The highest BCUT2D eigenvalue weighted by Gasteiger charge is 2.75. The summed E-state index contributed by atoms with van der Waals surface area (Å²) in [5.74, 6) is 0. The maximum atomic E-state index is 6.14. The van der Waals surface area contributed by atoms with Crippen molar-refractivity contribution in [3.63, 3.8) is 0 Å². The molecule has 0 fully saturated rings. The maximum Gasteiger partial charge on any atom is 0.358 e. The zero-order valence-corrected chi connectivity index (χ0v) is 19.5. The van der Waals surface area contributed by atoms with Crippen molar-refractivity contribution in [2.45, 2.75) is 0 Å². The molecule has 15 heavy (non-hydrogen) atoms. The van der Waals surface area contributed by atoms with Crippen LogP contribution in [0.15, 0.2) is 0 Å². The van der Waals surface area contributed by atoms with E-state index >= 15 is 0 Å². The summed E-state index contributed by atoms with van der Waals surface area (Å²) in [7, 11) is -1.35. The molecule has 0 aromatic carbocycles. The fraction of sp³-hybridized carbons (Fsp3) is 0. The molecule has 0 amide bonds. The first-order chi connectivity index (χ1) is 6.31. The van der Waals surface area contributed by atoms with Crippen LogP contribution in [0.25, 0.3) is 0 Å². The Morgan fingerprint density at radius 3 is 1.13 bits per heavy atom. The van der Waals surface area contributed by atoms with E-state index in [2.05, 4.69) is 0 Å². The maximum absolute atomic E-state index is 6.14. The van der Waals surface area contributed by atoms with Gasteiger partial charge in [0.15, 0.2) is 8.35 Å². The van der Waals surface area contributed by atoms with Crippen molar-refractivity contribution in [3.05, 3.63) is 0 Å². The predicted molar refractivity (Wildman–Crippen MR) is 90.1 cm³/mol. The quantitative estimate of drug-likeness (QED) is 0.398. The van der Waals surface area contributed by atoms with Gasteiger partial charge in [0.25, 0.3) is 11.5 Å². The molecule has 0 aliphatic rings. The molecule has 0 aromatic heterocycles. The molecule has 0 bridgehead atoms. The van der Waals surface area contributed by atoms with Gasteiger partial charge in [0, 0.05) is 0 Å². The summed E-state index contributed by atoms with van der Waals surface area (Å²) >= 11 is 59.6. The fourth-order valence-corrected chi connectivity index (χ4v) is 119. The SMILES string of the molecule is Cl[SiH2][Si](Cl)(Cl)[Si](Cl)(Cl)[Si](Cl)(Cl)[Si](Cl)(Cl)Cl. The van der Waals surface area contributed by atoms with Crippen LogP contribution in [0.5, 0.6) is 0 Å². The number of rotatable bonds is 4. The van der Waals surface area contributed by atoms with Crippen molar-refractivity contribution in [2.24, 2.45) is 0 Å². The Balaban J connectivity index is 5.38. The molecule has 0 aliphatic carbocycles. The molecule has 0 atom stereocenters. The van der Waals surface area contributed by atoms with Gasteiger partial charge < -0.3 is 0 Å². The monoisotopic (exact) mass is 492 g/mol. The van der Waals surface area contributed by atoms with Crippen LogP contribution in [0.3, 0.4) is 0 Å². The van der Waals surface area contributed by atoms with E-state index in [1.165, 1.54) is 0 Å². The molecule has 92 valence electrons. The van der Waals surface area contributed by atoms with Gasteiger partial charge in [0.2, 0.25) is 0 Å². The first-order valence-corrected chi connectivity index (χ1v) is 27.6. The van der Waals surface area contributed by atoms with E-state index in [0.717, 1.165) is 0 Å². The molecule has 0 heterocycles. The average molecular weight is 497 g/mol. The van der Waals surface area contributed by atoms with Gasteiger partial charge in [-0.1, -0.05) is 0 Å². The smallest absolute Gasteiger partial charge is 0.177 e. The molecule has 0 aliphatic heterocycles. The lowest BCUT2D eigenvalue weighted by Crippen LogP contribution is -2.71. The van der Waals surface area contributed by atoms with Gasteiger partial charge in [0.1, 0.15) is 0 Å². The highest BCUT2D eigenvalue weighted by atomic mass is 35.9. The zero-order valence-electron chi connectivity index (χ0n) is 6.49. The predicted octanol–water partition coefficient (Wildman–Crippen LogP) is 4.46. The second-order valence-corrected chi connectivity index (χ2v) is 67.1. The third kappa shape index (κ3) is 3.98. The average Bonchev–Trinajstić information content (AvgIpc) is 2.01. The van der Waals surface area contributed by atoms with Crippen LogP contribution in [0.2, 0.25) is 0 Å². The van der Waals surface area contributed by atoms with Crippen molar-refractivity contribution >= 4 is 142 Å². The van der Waals surface area contributed by atoms with E-state index in [-0.39, 0.29) is 0 Å². The lowest BCUT2D eigenvalue weighted by molar-refractivity contribution is 3.24. The molecule has 0 spiro atoms. The minimum atomic E-state index is -3.49. The Morgan fingerprint density at radius 1 is 0.600 bits per heavy atom. The van der Waals surface area contributed by atoms with Crippen molar-refractivity contribution < 1.29 is 0 Å². The molecule has 0 saturated carbocycles. The molecule has 0 radical (unpaired) electrons. The molecule has 0 N–H and O–H groups in total. The summed E-state index contributed by atoms with van der Waals surface area (Å²) in [5, 5.41) is 0. The number of halogens is 10. The molecule has 0 rings (SSSR count). The first-order valence-electron chi connectivity index (χ1n) is 3.07. The molecule has 15 heteroatoms. The Bertz CT molecular complexity index is 224. The Labute approximate surface area is 140 Å². The lowest BCUT2D eigenvalue weighted by Gasteiger charge is -2.36. The molecule has 0 saturated heterocycles. The summed E-state index contributed by atoms with van der Waals surface area (Å²) in [5.41, 5.74) is -13.4. The van der Waals surface area contributed by atoms with Crippen LogP contribution in [0.1, 0.15) is 0 Å². The Hall–Kier alpha value is 3.98. The minimum Gasteiger partial charge on any atom is -0.177 e. The summed E-state index contributed by atoms with van der Waals surface area (Å²) in [6, 6.07) is 0. The normalized spacial score (nSPS) is 16.4. The summed E-state index contributed by atoms with van der Waals surface area (Å²) in [6.07, 6.45) is 0. The van der Waals surface area contributed by atoms with Crippen molar-refractivity contribution in [1.82, 2.24) is 0 Å². The number of hydrogen-bond donors (Lipinski definition) is 0. The van der Waals surface area contributed by atoms with E-state index in [0.29, 0.717) is 0 Å². The van der Waals surface area contributed by atoms with Crippen LogP contribution in [-0.4, -0.2) is 31.1 Å². The minimum absolute atomic E-state index is 1.35. The van der Waals surface area contributed by atoms with E-state index in [4.69, 9.17) is 111 Å². The number of hydrogen-bond acceptors (Lipinski definition) is 0. The van der Waals surface area contributed by atoms with Crippen LogP contribution < -0.4 is 0 Å². The third-order valence-electron chi connectivity index (χ3n) is 1.38. The van der Waals surface area contributed by atoms with Gasteiger partial charge in [-0.05, 0) is 0 Å². The second-order valence-electron chi connectivity index (χ2n) is 2.48. The highest BCUT2D eigenvalue weighted by Crippen LogP contribution is 2.51. The lowest BCUT2D eigenvalue weighted by atomic mass is 26.1. The van der Waals surface area contributed by atoms with E-state index in [1.54, 1.807) is 0 Å². The summed E-state index contributed by atoms with van der Waals surface area (Å²) in [6.45, 7) is 0. The first kappa shape index (κ1) is 19.0. The van der Waals surface area contributed by atoms with Gasteiger partial charge in [-0.2, -0.15) is 11.1 Å². The summed E-state index contributed by atoms with van der Waals surface area (Å²) < 4.78 is 0. The van der Waals surface area contributed by atoms with Gasteiger partial charge in [0.05, 0.1) is 0 Å². The van der Waals surface area contributed by atoms with Gasteiger partial charge in [-0.15, -0.1) is 99.7 Å². The van der Waals surface area contributed by atoms with Gasteiger partial charge in [-0.3, -0.25) is 0 Å². The molecule has 0 aromatic rings. The van der Waals surface area contributed by atoms with Crippen LogP contribution in [0, 0.1) is 0 Å². The van der Waals surface area contributed by atoms with Gasteiger partial charge in [-0.25, -0.2) is 0 Å². The van der Waals surface area contributed by atoms with Crippen LogP contribution in [0.4, 0.5) is 0 Å². The van der Waals surface area contributed by atoms with E-state index in [1.807, 2.05) is 0 Å². The highest BCUT2D eigenvalue weighted by molar-refractivity contribution is 8.33. The topological polar surface area (TPSA) is 0 Å². The van der Waals surface area contributed by atoms with E-state index < -0.39 is 31.1 Å². The Morgan fingerprint density at radius 2 is 0.933 bits per heavy atom. The third-order valence-corrected chi connectivity index (χ3v) is 112. The molecular formula is H2Cl10Si5. The van der Waals surface area contributed by atoms with E-state index in [9.17, 15) is 0 Å². The largest absolute Gasteiger partial charge is 0.358 e. The van der Waals surface area contributed by atoms with Crippen molar-refractivity contribution in [2.75, 3.05) is 0 Å². The Kier molecular flexibility index (Phi) is 7.82. The molecule has 0 unspecified atom stereocenters. The second kappa shape index (κ2) is 6.18. The summed E-state index contributed by atoms with van der Waals surface area (Å²) in [4.78, 5) is 0. The zero-order chi connectivity index (χ0) is 12.7. The molecular weight excluding hydrogens is 495 g/mol. The molecule has 0 nitrogen and oxygen atoms in total. The standard InChI is InChI=1S/Cl10H2Si5/c1-11-13(5,6)15(9,10)14(7,8)12(2,3)4/h11H2. The van der Waals surface area contributed by atoms with Crippen molar-refractivity contribution in [1.29, 1.82) is 0 Å². The van der Waals surface area contributed by atoms with Crippen LogP contribution in [-0.2, 0) is 0 Å². The van der Waals surface area contributed by atoms with Crippen molar-refractivity contribution in [3.8, 4) is 0 Å². The van der Waals surface area contributed by atoms with Gasteiger partial charge >= 0.3 is 11.2 Å². The fourth-order valence-electron chi connectivity index (χ4n) is 0.492. The van der Waals surface area contributed by atoms with Crippen LogP contribution >= 0.6 is 111 Å².